The van der Waals surface area contributed by atoms with Crippen LogP contribution in [0.25, 0.3) is 11.6 Å². The smallest absolute Gasteiger partial charge is 0.269 e. The first kappa shape index (κ1) is 15.7. The predicted octanol–water partition coefficient (Wildman–Crippen LogP) is 4.43. The van der Waals surface area contributed by atoms with Gasteiger partial charge in [-0.3, -0.25) is 10.1 Å². The fraction of sp³-hybridized carbons (Fsp3) is 0.0625. The zero-order chi connectivity index (χ0) is 16.1. The molecule has 0 spiro atoms. The SMILES string of the molecule is COc1ccc(Br)cc1C=C(C#N)c1ccc([N+](=O)[O-])cc1. The Morgan fingerprint density at radius 1 is 1.32 bits per heavy atom. The number of nitro benzene ring substituents is 1. The molecule has 6 heteroatoms. The highest BCUT2D eigenvalue weighted by Crippen LogP contribution is 2.28. The molecule has 0 bridgehead atoms. The second kappa shape index (κ2) is 6.87. The number of hydrogen-bond acceptors (Lipinski definition) is 4. The molecule has 0 atom stereocenters. The molecule has 0 aliphatic rings. The van der Waals surface area contributed by atoms with Gasteiger partial charge in [0, 0.05) is 22.2 Å². The predicted molar refractivity (Wildman–Crippen MR) is 87.3 cm³/mol. The van der Waals surface area contributed by atoms with Crippen molar-refractivity contribution in [3.05, 3.63) is 68.2 Å². The van der Waals surface area contributed by atoms with Gasteiger partial charge in [-0.25, -0.2) is 0 Å². The number of halogens is 1. The fourth-order valence-corrected chi connectivity index (χ4v) is 2.30. The van der Waals surface area contributed by atoms with E-state index in [0.29, 0.717) is 16.9 Å². The van der Waals surface area contributed by atoms with Gasteiger partial charge in [0.15, 0.2) is 0 Å². The number of non-ortho nitro benzene ring substituents is 1. The second-order valence-electron chi connectivity index (χ2n) is 4.36. The third-order valence-corrected chi connectivity index (χ3v) is 3.49. The summed E-state index contributed by atoms with van der Waals surface area (Å²) in [6.45, 7) is 0. The molecule has 0 saturated heterocycles. The molecule has 0 aliphatic carbocycles. The number of benzene rings is 2. The van der Waals surface area contributed by atoms with E-state index in [2.05, 4.69) is 22.0 Å². The summed E-state index contributed by atoms with van der Waals surface area (Å²) in [5.41, 5.74) is 1.73. The minimum atomic E-state index is -0.475. The molecule has 0 unspecified atom stereocenters. The minimum absolute atomic E-state index is 0.0129. The Hall–Kier alpha value is -2.65. The number of allylic oxidation sites excluding steroid dienone is 1. The van der Waals surface area contributed by atoms with Crippen LogP contribution in [0.4, 0.5) is 5.69 Å². The number of nitro groups is 1. The summed E-state index contributed by atoms with van der Waals surface area (Å²) >= 11 is 3.38. The molecule has 2 aromatic rings. The minimum Gasteiger partial charge on any atom is -0.496 e. The standard InChI is InChI=1S/C16H11BrN2O3/c1-22-16-7-4-14(17)9-12(16)8-13(10-18)11-2-5-15(6-3-11)19(20)21/h2-9H,1H3. The van der Waals surface area contributed by atoms with Gasteiger partial charge in [0.1, 0.15) is 5.75 Å². The lowest BCUT2D eigenvalue weighted by Gasteiger charge is -2.06. The summed E-state index contributed by atoms with van der Waals surface area (Å²) in [6.07, 6.45) is 1.69. The van der Waals surface area contributed by atoms with Gasteiger partial charge in [0.05, 0.1) is 23.7 Å². The lowest BCUT2D eigenvalue weighted by Crippen LogP contribution is -1.90. The Balaban J connectivity index is 2.46. The van der Waals surface area contributed by atoms with Crippen LogP contribution in [0.15, 0.2) is 46.9 Å². The molecule has 0 saturated carbocycles. The maximum absolute atomic E-state index is 10.7. The van der Waals surface area contributed by atoms with E-state index in [9.17, 15) is 15.4 Å². The van der Waals surface area contributed by atoms with Crippen LogP contribution >= 0.6 is 15.9 Å². The molecule has 0 fully saturated rings. The summed E-state index contributed by atoms with van der Waals surface area (Å²) in [6, 6.07) is 13.4. The molecule has 0 amide bonds. The lowest BCUT2D eigenvalue weighted by atomic mass is 10.0. The number of ether oxygens (including phenoxy) is 1. The normalized spacial score (nSPS) is 10.9. The first-order chi connectivity index (χ1) is 10.5. The number of nitrogens with zero attached hydrogens (tertiary/aromatic N) is 2. The van der Waals surface area contributed by atoms with Crippen LogP contribution in [0.1, 0.15) is 11.1 Å². The van der Waals surface area contributed by atoms with Crippen molar-refractivity contribution in [1.82, 2.24) is 0 Å². The molecule has 0 aliphatic heterocycles. The van der Waals surface area contributed by atoms with E-state index < -0.39 is 4.92 Å². The van der Waals surface area contributed by atoms with Crippen molar-refractivity contribution in [2.45, 2.75) is 0 Å². The monoisotopic (exact) mass is 358 g/mol. The van der Waals surface area contributed by atoms with Crippen LogP contribution in [0.3, 0.4) is 0 Å². The molecular weight excluding hydrogens is 348 g/mol. The highest BCUT2D eigenvalue weighted by atomic mass is 79.9. The summed E-state index contributed by atoms with van der Waals surface area (Å²) in [7, 11) is 1.55. The fourth-order valence-electron chi connectivity index (χ4n) is 1.92. The molecule has 0 radical (unpaired) electrons. The zero-order valence-corrected chi connectivity index (χ0v) is 13.2. The van der Waals surface area contributed by atoms with Crippen molar-refractivity contribution in [2.75, 3.05) is 7.11 Å². The van der Waals surface area contributed by atoms with Crippen LogP contribution in [-0.2, 0) is 0 Å². The van der Waals surface area contributed by atoms with Gasteiger partial charge in [-0.15, -0.1) is 0 Å². The maximum Gasteiger partial charge on any atom is 0.269 e. The Labute approximate surface area is 135 Å². The molecule has 5 nitrogen and oxygen atoms in total. The summed E-state index contributed by atoms with van der Waals surface area (Å²) in [5.74, 6) is 0.637. The Morgan fingerprint density at radius 2 is 2.00 bits per heavy atom. The summed E-state index contributed by atoms with van der Waals surface area (Å²) in [5, 5.41) is 20.0. The molecule has 2 aromatic carbocycles. The largest absolute Gasteiger partial charge is 0.496 e. The first-order valence-electron chi connectivity index (χ1n) is 6.25. The highest BCUT2D eigenvalue weighted by Gasteiger charge is 2.08. The van der Waals surface area contributed by atoms with E-state index in [1.807, 2.05) is 12.1 Å². The Bertz CT molecular complexity index is 777. The van der Waals surface area contributed by atoms with Crippen molar-refractivity contribution >= 4 is 33.3 Å². The summed E-state index contributed by atoms with van der Waals surface area (Å²) < 4.78 is 6.13. The zero-order valence-electron chi connectivity index (χ0n) is 11.6. The van der Waals surface area contributed by atoms with Crippen LogP contribution in [0, 0.1) is 21.4 Å². The molecule has 0 heterocycles. The van der Waals surface area contributed by atoms with E-state index >= 15 is 0 Å². The Kier molecular flexibility index (Phi) is 4.92. The molecular formula is C16H11BrN2O3. The van der Waals surface area contributed by atoms with Gasteiger partial charge >= 0.3 is 0 Å². The van der Waals surface area contributed by atoms with Crippen LogP contribution in [-0.4, -0.2) is 12.0 Å². The van der Waals surface area contributed by atoms with Crippen molar-refractivity contribution in [1.29, 1.82) is 5.26 Å². The first-order valence-corrected chi connectivity index (χ1v) is 7.04. The molecule has 2 rings (SSSR count). The van der Waals surface area contributed by atoms with Gasteiger partial charge in [0.2, 0.25) is 0 Å². The average molecular weight is 359 g/mol. The Morgan fingerprint density at radius 3 is 2.55 bits per heavy atom. The maximum atomic E-state index is 10.7. The van der Waals surface area contributed by atoms with Gasteiger partial charge < -0.3 is 4.74 Å². The number of methoxy groups -OCH3 is 1. The van der Waals surface area contributed by atoms with E-state index in [1.54, 1.807) is 31.4 Å². The number of nitriles is 1. The topological polar surface area (TPSA) is 76.2 Å². The average Bonchev–Trinajstić information content (AvgIpc) is 2.53. The summed E-state index contributed by atoms with van der Waals surface area (Å²) in [4.78, 5) is 10.2. The third kappa shape index (κ3) is 3.51. The quantitative estimate of drug-likeness (QED) is 0.350. The molecule has 22 heavy (non-hydrogen) atoms. The van der Waals surface area contributed by atoms with Gasteiger partial charge in [-0.05, 0) is 42.0 Å². The van der Waals surface area contributed by atoms with E-state index in [1.165, 1.54) is 12.1 Å². The van der Waals surface area contributed by atoms with Crippen LogP contribution < -0.4 is 4.74 Å². The van der Waals surface area contributed by atoms with Crippen molar-refractivity contribution in [3.63, 3.8) is 0 Å². The van der Waals surface area contributed by atoms with E-state index in [0.717, 1.165) is 10.0 Å². The van der Waals surface area contributed by atoms with Gasteiger partial charge in [-0.1, -0.05) is 15.9 Å². The van der Waals surface area contributed by atoms with Gasteiger partial charge in [0.25, 0.3) is 5.69 Å². The van der Waals surface area contributed by atoms with Crippen LogP contribution in [0.5, 0.6) is 5.75 Å². The second-order valence-corrected chi connectivity index (χ2v) is 5.28. The number of hydrogen-bond donors (Lipinski definition) is 0. The third-order valence-electron chi connectivity index (χ3n) is 3.00. The molecule has 0 N–H and O–H groups in total. The van der Waals surface area contributed by atoms with Crippen molar-refractivity contribution in [2.24, 2.45) is 0 Å². The van der Waals surface area contributed by atoms with Crippen molar-refractivity contribution in [3.8, 4) is 11.8 Å². The van der Waals surface area contributed by atoms with Gasteiger partial charge in [-0.2, -0.15) is 5.26 Å². The van der Waals surface area contributed by atoms with Crippen molar-refractivity contribution < 1.29 is 9.66 Å². The lowest BCUT2D eigenvalue weighted by molar-refractivity contribution is -0.384. The molecule has 0 aromatic heterocycles. The number of rotatable bonds is 4. The van der Waals surface area contributed by atoms with Crippen LogP contribution in [0.2, 0.25) is 0 Å². The highest BCUT2D eigenvalue weighted by molar-refractivity contribution is 9.10. The van der Waals surface area contributed by atoms with E-state index in [4.69, 9.17) is 4.74 Å². The molecule has 110 valence electrons. The van der Waals surface area contributed by atoms with E-state index in [-0.39, 0.29) is 5.69 Å².